The van der Waals surface area contributed by atoms with Gasteiger partial charge in [-0.2, -0.15) is 5.10 Å². The number of nitrogens with one attached hydrogen (secondary N) is 1. The summed E-state index contributed by atoms with van der Waals surface area (Å²) in [7, 11) is 0. The van der Waals surface area contributed by atoms with Gasteiger partial charge in [-0.3, -0.25) is 9.89 Å². The zero-order valence-corrected chi connectivity index (χ0v) is 11.1. The number of aromatic nitrogens is 2. The summed E-state index contributed by atoms with van der Waals surface area (Å²) in [6.07, 6.45) is 4.43. The molecule has 1 aliphatic rings. The van der Waals surface area contributed by atoms with Gasteiger partial charge in [-0.15, -0.1) is 0 Å². The first-order chi connectivity index (χ1) is 8.65. The van der Waals surface area contributed by atoms with E-state index in [0.717, 1.165) is 24.2 Å². The lowest BCUT2D eigenvalue weighted by Crippen LogP contribution is -2.41. The molecule has 5 nitrogen and oxygen atoms in total. The largest absolute Gasteiger partial charge is 0.395 e. The molecule has 100 valence electrons. The Morgan fingerprint density at radius 1 is 1.44 bits per heavy atom. The maximum absolute atomic E-state index is 12.6. The molecule has 1 aromatic rings. The van der Waals surface area contributed by atoms with E-state index in [0.29, 0.717) is 12.1 Å². The van der Waals surface area contributed by atoms with Crippen LogP contribution in [-0.4, -0.2) is 45.3 Å². The minimum atomic E-state index is -0.000278. The SMILES string of the molecule is Cc1n[nH]c(C)c1C(=O)N(CCO)C1CCCC1. The van der Waals surface area contributed by atoms with Crippen LogP contribution in [0.5, 0.6) is 0 Å². The van der Waals surface area contributed by atoms with Crippen molar-refractivity contribution >= 4 is 5.91 Å². The van der Waals surface area contributed by atoms with Crippen molar-refractivity contribution in [2.75, 3.05) is 13.2 Å². The lowest BCUT2D eigenvalue weighted by molar-refractivity contribution is 0.0636. The van der Waals surface area contributed by atoms with Gasteiger partial charge >= 0.3 is 0 Å². The van der Waals surface area contributed by atoms with Gasteiger partial charge in [0.2, 0.25) is 0 Å². The molecular weight excluding hydrogens is 230 g/mol. The molecule has 18 heavy (non-hydrogen) atoms. The Hall–Kier alpha value is -1.36. The molecule has 1 amide bonds. The second-order valence-corrected chi connectivity index (χ2v) is 4.97. The van der Waals surface area contributed by atoms with Crippen LogP contribution in [-0.2, 0) is 0 Å². The summed E-state index contributed by atoms with van der Waals surface area (Å²) in [6, 6.07) is 0.276. The second-order valence-electron chi connectivity index (χ2n) is 4.97. The third kappa shape index (κ3) is 2.41. The summed E-state index contributed by atoms with van der Waals surface area (Å²) < 4.78 is 0. The number of aliphatic hydroxyl groups is 1. The van der Waals surface area contributed by atoms with E-state index in [4.69, 9.17) is 5.11 Å². The normalized spacial score (nSPS) is 16.2. The van der Waals surface area contributed by atoms with Crippen molar-refractivity contribution < 1.29 is 9.90 Å². The summed E-state index contributed by atoms with van der Waals surface area (Å²) in [4.78, 5) is 14.4. The highest BCUT2D eigenvalue weighted by Crippen LogP contribution is 2.25. The fourth-order valence-corrected chi connectivity index (χ4v) is 2.78. The predicted octanol–water partition coefficient (Wildman–Crippen LogP) is 1.40. The number of aliphatic hydroxyl groups excluding tert-OH is 1. The number of carbonyl (C=O) groups is 1. The van der Waals surface area contributed by atoms with Gasteiger partial charge in [0.25, 0.3) is 5.91 Å². The molecule has 1 fully saturated rings. The zero-order chi connectivity index (χ0) is 13.1. The lowest BCUT2D eigenvalue weighted by atomic mass is 10.1. The standard InChI is InChI=1S/C13H21N3O2/c1-9-12(10(2)15-14-9)13(18)16(7-8-17)11-5-3-4-6-11/h11,17H,3-8H2,1-2H3,(H,14,15). The number of carbonyl (C=O) groups excluding carboxylic acids is 1. The first-order valence-electron chi connectivity index (χ1n) is 6.58. The van der Waals surface area contributed by atoms with E-state index in [1.165, 1.54) is 12.8 Å². The van der Waals surface area contributed by atoms with Crippen molar-refractivity contribution in [3.05, 3.63) is 17.0 Å². The van der Waals surface area contributed by atoms with Gasteiger partial charge in [0, 0.05) is 18.3 Å². The number of amides is 1. The van der Waals surface area contributed by atoms with Gasteiger partial charge in [0.15, 0.2) is 0 Å². The Kier molecular flexibility index (Phi) is 4.01. The summed E-state index contributed by atoms with van der Waals surface area (Å²) >= 11 is 0. The van der Waals surface area contributed by atoms with E-state index in [1.54, 1.807) is 0 Å². The van der Waals surface area contributed by atoms with E-state index in [9.17, 15) is 4.79 Å². The van der Waals surface area contributed by atoms with Gasteiger partial charge in [-0.25, -0.2) is 0 Å². The van der Waals surface area contributed by atoms with Crippen molar-refractivity contribution in [1.82, 2.24) is 15.1 Å². The molecule has 1 aromatic heterocycles. The Bertz CT molecular complexity index is 402. The van der Waals surface area contributed by atoms with E-state index in [1.807, 2.05) is 18.7 Å². The molecule has 2 rings (SSSR count). The van der Waals surface area contributed by atoms with Crippen LogP contribution in [0.2, 0.25) is 0 Å². The van der Waals surface area contributed by atoms with Crippen LogP contribution in [0.4, 0.5) is 0 Å². The lowest BCUT2D eigenvalue weighted by Gasteiger charge is -2.28. The minimum absolute atomic E-state index is 0.000278. The minimum Gasteiger partial charge on any atom is -0.395 e. The first-order valence-corrected chi connectivity index (χ1v) is 6.58. The molecule has 1 heterocycles. The van der Waals surface area contributed by atoms with Crippen molar-refractivity contribution in [2.24, 2.45) is 0 Å². The third-order valence-corrected chi connectivity index (χ3v) is 3.71. The number of rotatable bonds is 4. The van der Waals surface area contributed by atoms with E-state index < -0.39 is 0 Å². The summed E-state index contributed by atoms with van der Waals surface area (Å²) in [5, 5.41) is 16.1. The monoisotopic (exact) mass is 251 g/mol. The van der Waals surface area contributed by atoms with Crippen LogP contribution in [0, 0.1) is 13.8 Å². The van der Waals surface area contributed by atoms with Gasteiger partial charge in [0.05, 0.1) is 17.9 Å². The van der Waals surface area contributed by atoms with E-state index >= 15 is 0 Å². The smallest absolute Gasteiger partial charge is 0.257 e. The fraction of sp³-hybridized carbons (Fsp3) is 0.692. The summed E-state index contributed by atoms with van der Waals surface area (Å²) in [6.45, 7) is 4.12. The van der Waals surface area contributed by atoms with Gasteiger partial charge in [-0.1, -0.05) is 12.8 Å². The van der Waals surface area contributed by atoms with Crippen LogP contribution in [0.3, 0.4) is 0 Å². The Balaban J connectivity index is 2.22. The van der Waals surface area contributed by atoms with Gasteiger partial charge in [-0.05, 0) is 26.7 Å². The van der Waals surface area contributed by atoms with Gasteiger partial charge in [0.1, 0.15) is 0 Å². The van der Waals surface area contributed by atoms with Crippen LogP contribution >= 0.6 is 0 Å². The van der Waals surface area contributed by atoms with Crippen molar-refractivity contribution in [3.63, 3.8) is 0 Å². The molecule has 1 saturated carbocycles. The predicted molar refractivity (Wildman–Crippen MR) is 68.4 cm³/mol. The molecule has 0 bridgehead atoms. The van der Waals surface area contributed by atoms with Gasteiger partial charge < -0.3 is 10.0 Å². The first kappa shape index (κ1) is 13.1. The van der Waals surface area contributed by atoms with Crippen LogP contribution < -0.4 is 0 Å². The molecule has 0 unspecified atom stereocenters. The zero-order valence-electron chi connectivity index (χ0n) is 11.1. The van der Waals surface area contributed by atoms with E-state index in [2.05, 4.69) is 10.2 Å². The number of aryl methyl sites for hydroxylation is 2. The maximum atomic E-state index is 12.6. The Labute approximate surface area is 107 Å². The second kappa shape index (κ2) is 5.52. The van der Waals surface area contributed by atoms with Crippen LogP contribution in [0.15, 0.2) is 0 Å². The van der Waals surface area contributed by atoms with Crippen molar-refractivity contribution in [1.29, 1.82) is 0 Å². The Morgan fingerprint density at radius 2 is 2.11 bits per heavy atom. The molecular formula is C13H21N3O2. The summed E-state index contributed by atoms with van der Waals surface area (Å²) in [5.41, 5.74) is 2.20. The number of H-pyrrole nitrogens is 1. The molecule has 0 saturated heterocycles. The maximum Gasteiger partial charge on any atom is 0.257 e. The molecule has 0 atom stereocenters. The molecule has 0 radical (unpaired) electrons. The number of hydrogen-bond acceptors (Lipinski definition) is 3. The average molecular weight is 251 g/mol. The quantitative estimate of drug-likeness (QED) is 0.850. The molecule has 0 spiro atoms. The number of aromatic amines is 1. The topological polar surface area (TPSA) is 69.2 Å². The highest BCUT2D eigenvalue weighted by molar-refractivity contribution is 5.96. The third-order valence-electron chi connectivity index (χ3n) is 3.71. The average Bonchev–Trinajstić information content (AvgIpc) is 2.96. The number of hydrogen-bond donors (Lipinski definition) is 2. The molecule has 0 aliphatic heterocycles. The Morgan fingerprint density at radius 3 is 2.61 bits per heavy atom. The summed E-state index contributed by atoms with van der Waals surface area (Å²) in [5.74, 6) is -0.000278. The van der Waals surface area contributed by atoms with Crippen LogP contribution in [0.25, 0.3) is 0 Å². The highest BCUT2D eigenvalue weighted by atomic mass is 16.3. The molecule has 2 N–H and O–H groups in total. The van der Waals surface area contributed by atoms with E-state index in [-0.39, 0.29) is 18.6 Å². The molecule has 5 heteroatoms. The molecule has 0 aromatic carbocycles. The van der Waals surface area contributed by atoms with Crippen molar-refractivity contribution in [3.8, 4) is 0 Å². The number of nitrogens with zero attached hydrogens (tertiary/aromatic N) is 2. The fourth-order valence-electron chi connectivity index (χ4n) is 2.78. The van der Waals surface area contributed by atoms with Crippen LogP contribution in [0.1, 0.15) is 47.4 Å². The highest BCUT2D eigenvalue weighted by Gasteiger charge is 2.29. The van der Waals surface area contributed by atoms with Crippen molar-refractivity contribution in [2.45, 2.75) is 45.6 Å². The molecule has 1 aliphatic carbocycles.